The van der Waals surface area contributed by atoms with Crippen molar-refractivity contribution in [1.29, 1.82) is 5.41 Å². The van der Waals surface area contributed by atoms with Crippen molar-refractivity contribution in [2.45, 2.75) is 31.8 Å². The van der Waals surface area contributed by atoms with Crippen molar-refractivity contribution in [3.05, 3.63) is 60.0 Å². The maximum Gasteiger partial charge on any atom is 0.148 e. The molecular formula is C24H26FN3O2. The van der Waals surface area contributed by atoms with E-state index in [1.165, 1.54) is 6.07 Å². The Kier molecular flexibility index (Phi) is 5.17. The Hall–Kier alpha value is -2.86. The molecule has 1 N–H and O–H groups in total. The minimum absolute atomic E-state index is 0.170. The van der Waals surface area contributed by atoms with Gasteiger partial charge in [-0.3, -0.25) is 5.41 Å². The Morgan fingerprint density at radius 1 is 1.07 bits per heavy atom. The highest BCUT2D eigenvalue weighted by Gasteiger charge is 2.17. The molecule has 1 atom stereocenters. The predicted octanol–water partition coefficient (Wildman–Crippen LogP) is 4.41. The molecule has 5 nitrogen and oxygen atoms in total. The molecule has 2 fully saturated rings. The van der Waals surface area contributed by atoms with Gasteiger partial charge in [-0.15, -0.1) is 0 Å². The van der Waals surface area contributed by atoms with Gasteiger partial charge in [-0.2, -0.15) is 0 Å². The number of halogens is 1. The summed E-state index contributed by atoms with van der Waals surface area (Å²) in [4.78, 5) is 2.09. The average molecular weight is 407 g/mol. The van der Waals surface area contributed by atoms with E-state index in [0.29, 0.717) is 23.5 Å². The standard InChI is InChI=1S/C24H26FN3O2/c25-22-15-18(5-8-23(22)27-10-1-2-11-27)28-12-9-17-14-19(6-7-21(17)24(28)26)30-16-20-4-3-13-29-20/h5-9,12,14-15,20,26H,1-4,10-11,13,16H2. The van der Waals surface area contributed by atoms with E-state index >= 15 is 0 Å². The van der Waals surface area contributed by atoms with Crippen molar-refractivity contribution >= 4 is 16.5 Å². The zero-order valence-electron chi connectivity index (χ0n) is 16.9. The molecule has 2 aliphatic heterocycles. The Morgan fingerprint density at radius 3 is 2.70 bits per heavy atom. The first-order valence-corrected chi connectivity index (χ1v) is 10.7. The van der Waals surface area contributed by atoms with Crippen molar-refractivity contribution in [1.82, 2.24) is 4.57 Å². The van der Waals surface area contributed by atoms with Gasteiger partial charge in [0, 0.05) is 37.3 Å². The van der Waals surface area contributed by atoms with Crippen LogP contribution in [0.15, 0.2) is 48.7 Å². The average Bonchev–Trinajstić information content (AvgIpc) is 3.47. The summed E-state index contributed by atoms with van der Waals surface area (Å²) in [5.74, 6) is 0.537. The van der Waals surface area contributed by atoms with Gasteiger partial charge >= 0.3 is 0 Å². The monoisotopic (exact) mass is 407 g/mol. The molecule has 156 valence electrons. The van der Waals surface area contributed by atoms with Gasteiger partial charge in [-0.05, 0) is 67.5 Å². The first-order chi connectivity index (χ1) is 14.7. The van der Waals surface area contributed by atoms with Crippen LogP contribution in [0, 0.1) is 11.2 Å². The van der Waals surface area contributed by atoms with Crippen LogP contribution < -0.4 is 15.1 Å². The largest absolute Gasteiger partial charge is 0.491 e. The van der Waals surface area contributed by atoms with E-state index in [9.17, 15) is 4.39 Å². The second kappa shape index (κ2) is 8.11. The molecule has 0 amide bonds. The summed E-state index contributed by atoms with van der Waals surface area (Å²) in [6.07, 6.45) is 6.33. The zero-order chi connectivity index (χ0) is 20.5. The van der Waals surface area contributed by atoms with E-state index < -0.39 is 0 Å². The third kappa shape index (κ3) is 3.67. The number of nitrogens with zero attached hydrogens (tertiary/aromatic N) is 2. The third-order valence-electron chi connectivity index (χ3n) is 6.04. The van der Waals surface area contributed by atoms with Crippen LogP contribution >= 0.6 is 0 Å². The van der Waals surface area contributed by atoms with E-state index in [2.05, 4.69) is 4.90 Å². The first kappa shape index (κ1) is 19.1. The molecule has 0 spiro atoms. The SMILES string of the molecule is N=c1c2ccc(OCC3CCCO3)cc2ccn1-c1ccc(N2CCCC2)c(F)c1. The van der Waals surface area contributed by atoms with E-state index in [0.717, 1.165) is 61.9 Å². The summed E-state index contributed by atoms with van der Waals surface area (Å²) < 4.78 is 28.0. The minimum atomic E-state index is -0.237. The molecule has 3 heterocycles. The van der Waals surface area contributed by atoms with Gasteiger partial charge < -0.3 is 18.9 Å². The predicted molar refractivity (Wildman–Crippen MR) is 115 cm³/mol. The van der Waals surface area contributed by atoms with Crippen LogP contribution in [0.1, 0.15) is 25.7 Å². The van der Waals surface area contributed by atoms with Gasteiger partial charge in [-0.1, -0.05) is 0 Å². The minimum Gasteiger partial charge on any atom is -0.491 e. The van der Waals surface area contributed by atoms with E-state index in [1.807, 2.05) is 42.6 Å². The number of hydrogen-bond acceptors (Lipinski definition) is 4. The lowest BCUT2D eigenvalue weighted by Gasteiger charge is -2.19. The number of anilines is 1. The van der Waals surface area contributed by atoms with Crippen LogP contribution in [-0.4, -0.2) is 37.0 Å². The zero-order valence-corrected chi connectivity index (χ0v) is 16.9. The summed E-state index contributed by atoms with van der Waals surface area (Å²) in [7, 11) is 0. The third-order valence-corrected chi connectivity index (χ3v) is 6.04. The number of rotatable bonds is 5. The topological polar surface area (TPSA) is 50.5 Å². The maximum atomic E-state index is 14.8. The van der Waals surface area contributed by atoms with Gasteiger partial charge in [-0.25, -0.2) is 4.39 Å². The maximum absolute atomic E-state index is 14.8. The summed E-state index contributed by atoms with van der Waals surface area (Å²) >= 11 is 0. The van der Waals surface area contributed by atoms with Crippen molar-refractivity contribution in [3.8, 4) is 11.4 Å². The molecule has 0 saturated carbocycles. The quantitative estimate of drug-likeness (QED) is 0.682. The molecule has 2 saturated heterocycles. The van der Waals surface area contributed by atoms with Crippen LogP contribution in [0.3, 0.4) is 0 Å². The molecule has 2 aromatic carbocycles. The number of ether oxygens (including phenoxy) is 2. The molecule has 5 rings (SSSR count). The van der Waals surface area contributed by atoms with Gasteiger partial charge in [0.2, 0.25) is 0 Å². The molecular weight excluding hydrogens is 381 g/mol. The molecule has 1 unspecified atom stereocenters. The van der Waals surface area contributed by atoms with E-state index in [1.54, 1.807) is 4.57 Å². The van der Waals surface area contributed by atoms with Crippen LogP contribution in [-0.2, 0) is 4.74 Å². The molecule has 0 bridgehead atoms. The fourth-order valence-electron chi connectivity index (χ4n) is 4.38. The van der Waals surface area contributed by atoms with E-state index in [4.69, 9.17) is 14.9 Å². The molecule has 0 aliphatic carbocycles. The smallest absolute Gasteiger partial charge is 0.148 e. The highest BCUT2D eigenvalue weighted by atomic mass is 19.1. The number of nitrogens with one attached hydrogen (secondary N) is 1. The van der Waals surface area contributed by atoms with Crippen molar-refractivity contribution in [2.24, 2.45) is 0 Å². The number of pyridine rings is 1. The second-order valence-corrected chi connectivity index (χ2v) is 8.06. The van der Waals surface area contributed by atoms with Gasteiger partial charge in [0.25, 0.3) is 0 Å². The lowest BCUT2D eigenvalue weighted by Crippen LogP contribution is -2.21. The summed E-state index contributed by atoms with van der Waals surface area (Å²) in [6, 6.07) is 12.9. The van der Waals surface area contributed by atoms with Crippen LogP contribution in [0.4, 0.5) is 10.1 Å². The Bertz CT molecular complexity index is 1120. The fraction of sp³-hybridized carbons (Fsp3) is 0.375. The normalized spacial score (nSPS) is 19.0. The van der Waals surface area contributed by atoms with E-state index in [-0.39, 0.29) is 11.9 Å². The van der Waals surface area contributed by atoms with Crippen molar-refractivity contribution in [2.75, 3.05) is 31.2 Å². The fourth-order valence-corrected chi connectivity index (χ4v) is 4.38. The molecule has 0 radical (unpaired) electrons. The number of fused-ring (bicyclic) bond motifs is 1. The lowest BCUT2D eigenvalue weighted by atomic mass is 10.1. The molecule has 6 heteroatoms. The Morgan fingerprint density at radius 2 is 1.93 bits per heavy atom. The van der Waals surface area contributed by atoms with Crippen LogP contribution in [0.25, 0.3) is 16.5 Å². The van der Waals surface area contributed by atoms with Crippen LogP contribution in [0.5, 0.6) is 5.75 Å². The Labute approximate surface area is 175 Å². The molecule has 1 aromatic heterocycles. The summed E-state index contributed by atoms with van der Waals surface area (Å²) in [6.45, 7) is 3.17. The molecule has 30 heavy (non-hydrogen) atoms. The summed E-state index contributed by atoms with van der Waals surface area (Å²) in [5, 5.41) is 10.4. The summed E-state index contributed by atoms with van der Waals surface area (Å²) in [5.41, 5.74) is 1.63. The highest BCUT2D eigenvalue weighted by molar-refractivity contribution is 5.83. The lowest BCUT2D eigenvalue weighted by molar-refractivity contribution is 0.0680. The van der Waals surface area contributed by atoms with Gasteiger partial charge in [0.05, 0.1) is 17.5 Å². The van der Waals surface area contributed by atoms with Gasteiger partial charge in [0.1, 0.15) is 23.7 Å². The van der Waals surface area contributed by atoms with Crippen molar-refractivity contribution in [3.63, 3.8) is 0 Å². The van der Waals surface area contributed by atoms with Crippen molar-refractivity contribution < 1.29 is 13.9 Å². The first-order valence-electron chi connectivity index (χ1n) is 10.7. The Balaban J connectivity index is 1.41. The van der Waals surface area contributed by atoms with Crippen LogP contribution in [0.2, 0.25) is 0 Å². The number of aromatic nitrogens is 1. The highest BCUT2D eigenvalue weighted by Crippen LogP contribution is 2.26. The van der Waals surface area contributed by atoms with Gasteiger partial charge in [0.15, 0.2) is 0 Å². The molecule has 3 aromatic rings. The molecule has 2 aliphatic rings. The number of hydrogen-bond donors (Lipinski definition) is 1. The number of benzene rings is 2. The second-order valence-electron chi connectivity index (χ2n) is 8.06.